The van der Waals surface area contributed by atoms with E-state index in [0.29, 0.717) is 11.3 Å². The van der Waals surface area contributed by atoms with Gasteiger partial charge in [-0.05, 0) is 74.8 Å². The molecular weight excluding hydrogens is 388 g/mol. The highest BCUT2D eigenvalue weighted by Crippen LogP contribution is 2.30. The van der Waals surface area contributed by atoms with Crippen LogP contribution in [0.15, 0.2) is 42.5 Å². The zero-order valence-electron chi connectivity index (χ0n) is 18.4. The van der Waals surface area contributed by atoms with Crippen molar-refractivity contribution >= 4 is 17.5 Å². The Morgan fingerprint density at radius 1 is 0.903 bits per heavy atom. The molecule has 0 saturated carbocycles. The summed E-state index contributed by atoms with van der Waals surface area (Å²) in [6.07, 6.45) is 8.16. The summed E-state index contributed by atoms with van der Waals surface area (Å²) >= 11 is 0. The van der Waals surface area contributed by atoms with E-state index in [1.807, 2.05) is 29.2 Å². The van der Waals surface area contributed by atoms with Crippen molar-refractivity contribution in [3.05, 3.63) is 59.2 Å². The number of hydrogen-bond acceptors (Lipinski definition) is 3. The second-order valence-electron chi connectivity index (χ2n) is 8.60. The molecule has 1 heterocycles. The van der Waals surface area contributed by atoms with Crippen LogP contribution in [0.3, 0.4) is 0 Å². The summed E-state index contributed by atoms with van der Waals surface area (Å²) in [4.78, 5) is 28.0. The largest absolute Gasteiger partial charge is 0.481 e. The number of nitrogens with one attached hydrogen (secondary N) is 1. The molecule has 2 aliphatic rings. The molecule has 0 unspecified atom stereocenters. The van der Waals surface area contributed by atoms with E-state index >= 15 is 0 Å². The van der Waals surface area contributed by atoms with Crippen LogP contribution in [0.1, 0.15) is 66.9 Å². The van der Waals surface area contributed by atoms with Crippen LogP contribution in [0.4, 0.5) is 5.69 Å². The summed E-state index contributed by atoms with van der Waals surface area (Å²) in [5, 5.41) is 2.93. The zero-order chi connectivity index (χ0) is 21.6. The fourth-order valence-corrected chi connectivity index (χ4v) is 4.56. The number of anilines is 1. The van der Waals surface area contributed by atoms with Crippen LogP contribution >= 0.6 is 0 Å². The maximum absolute atomic E-state index is 13.1. The van der Waals surface area contributed by atoms with Crippen molar-refractivity contribution in [2.75, 3.05) is 18.4 Å². The molecule has 4 rings (SSSR count). The van der Waals surface area contributed by atoms with Gasteiger partial charge < -0.3 is 15.0 Å². The normalized spacial score (nSPS) is 17.3. The first kappa shape index (κ1) is 21.4. The second-order valence-corrected chi connectivity index (χ2v) is 8.60. The molecule has 1 aliphatic carbocycles. The number of aryl methyl sites for hydroxylation is 1. The lowest BCUT2D eigenvalue weighted by atomic mass is 9.91. The van der Waals surface area contributed by atoms with E-state index < -0.39 is 6.10 Å². The van der Waals surface area contributed by atoms with Crippen LogP contribution in [-0.2, 0) is 17.6 Å². The third-order valence-electron chi connectivity index (χ3n) is 6.33. The van der Waals surface area contributed by atoms with Crippen LogP contribution in [0.25, 0.3) is 0 Å². The molecule has 1 fully saturated rings. The smallest absolute Gasteiger partial charge is 0.265 e. The highest BCUT2D eigenvalue weighted by atomic mass is 16.5. The van der Waals surface area contributed by atoms with Crippen molar-refractivity contribution in [1.82, 2.24) is 4.90 Å². The SMILES string of the molecule is C[C@H](Oc1cccc2c1CCCC2)C(=O)Nc1ccccc1C(=O)N1CCCCCC1. The van der Waals surface area contributed by atoms with Gasteiger partial charge in [0.05, 0.1) is 11.3 Å². The first-order chi connectivity index (χ1) is 15.1. The first-order valence-corrected chi connectivity index (χ1v) is 11.6. The van der Waals surface area contributed by atoms with Gasteiger partial charge in [-0.15, -0.1) is 0 Å². The number of carbonyl (C=O) groups excluding carboxylic acids is 2. The average molecular weight is 421 g/mol. The predicted molar refractivity (Wildman–Crippen MR) is 123 cm³/mol. The standard InChI is InChI=1S/C26H32N2O3/c1-19(31-24-16-10-12-20-11-4-5-13-21(20)24)25(29)27-23-15-7-6-14-22(23)26(30)28-17-8-2-3-9-18-28/h6-7,10,12,14-16,19H,2-5,8-9,11,13,17-18H2,1H3,(H,27,29)/t19-/m0/s1. The predicted octanol–water partition coefficient (Wildman–Crippen LogP) is 4.99. The molecule has 2 aromatic rings. The van der Waals surface area contributed by atoms with Gasteiger partial charge in [-0.2, -0.15) is 0 Å². The fourth-order valence-electron chi connectivity index (χ4n) is 4.56. The molecule has 5 heteroatoms. The second kappa shape index (κ2) is 9.99. The Kier molecular flexibility index (Phi) is 6.90. The summed E-state index contributed by atoms with van der Waals surface area (Å²) in [5.74, 6) is 0.543. The van der Waals surface area contributed by atoms with Crippen LogP contribution in [0, 0.1) is 0 Å². The van der Waals surface area contributed by atoms with Crippen molar-refractivity contribution in [2.45, 2.75) is 64.4 Å². The monoisotopic (exact) mass is 420 g/mol. The van der Waals surface area contributed by atoms with E-state index in [-0.39, 0.29) is 11.8 Å². The minimum Gasteiger partial charge on any atom is -0.481 e. The topological polar surface area (TPSA) is 58.6 Å². The molecule has 1 saturated heterocycles. The van der Waals surface area contributed by atoms with E-state index in [0.717, 1.165) is 50.9 Å². The third kappa shape index (κ3) is 5.09. The molecule has 5 nitrogen and oxygen atoms in total. The Labute approximate surface area is 184 Å². The van der Waals surface area contributed by atoms with E-state index in [1.165, 1.54) is 30.4 Å². The first-order valence-electron chi connectivity index (χ1n) is 11.6. The molecule has 164 valence electrons. The van der Waals surface area contributed by atoms with Gasteiger partial charge in [0.1, 0.15) is 5.75 Å². The van der Waals surface area contributed by atoms with Crippen LogP contribution in [0.5, 0.6) is 5.75 Å². The van der Waals surface area contributed by atoms with Crippen LogP contribution < -0.4 is 10.1 Å². The fraction of sp³-hybridized carbons (Fsp3) is 0.462. The van der Waals surface area contributed by atoms with Crippen molar-refractivity contribution in [3.8, 4) is 5.75 Å². The quantitative estimate of drug-likeness (QED) is 0.742. The number of ether oxygens (including phenoxy) is 1. The molecule has 1 N–H and O–H groups in total. The van der Waals surface area contributed by atoms with Crippen molar-refractivity contribution in [1.29, 1.82) is 0 Å². The Morgan fingerprint density at radius 3 is 2.45 bits per heavy atom. The summed E-state index contributed by atoms with van der Waals surface area (Å²) < 4.78 is 6.07. The van der Waals surface area contributed by atoms with E-state index in [9.17, 15) is 9.59 Å². The van der Waals surface area contributed by atoms with Crippen LogP contribution in [0.2, 0.25) is 0 Å². The van der Waals surface area contributed by atoms with Crippen molar-refractivity contribution < 1.29 is 14.3 Å². The molecule has 1 atom stereocenters. The van der Waals surface area contributed by atoms with Crippen molar-refractivity contribution in [3.63, 3.8) is 0 Å². The molecule has 31 heavy (non-hydrogen) atoms. The Hall–Kier alpha value is -2.82. The van der Waals surface area contributed by atoms with E-state index in [4.69, 9.17) is 4.74 Å². The number of hydrogen-bond donors (Lipinski definition) is 1. The Bertz CT molecular complexity index is 932. The number of benzene rings is 2. The van der Waals surface area contributed by atoms with Crippen LogP contribution in [-0.4, -0.2) is 35.9 Å². The molecule has 0 bridgehead atoms. The van der Waals surface area contributed by atoms with Gasteiger partial charge in [-0.1, -0.05) is 37.1 Å². The maximum atomic E-state index is 13.1. The summed E-state index contributed by atoms with van der Waals surface area (Å²) in [7, 11) is 0. The summed E-state index contributed by atoms with van der Waals surface area (Å²) in [5.41, 5.74) is 3.64. The number of fused-ring (bicyclic) bond motifs is 1. The minimum atomic E-state index is -0.658. The van der Waals surface area contributed by atoms with Gasteiger partial charge >= 0.3 is 0 Å². The lowest BCUT2D eigenvalue weighted by Crippen LogP contribution is -2.34. The number of rotatable bonds is 5. The number of nitrogens with zero attached hydrogens (tertiary/aromatic N) is 1. The lowest BCUT2D eigenvalue weighted by molar-refractivity contribution is -0.122. The third-order valence-corrected chi connectivity index (χ3v) is 6.33. The van der Waals surface area contributed by atoms with Gasteiger partial charge in [0.25, 0.3) is 11.8 Å². The number of carbonyl (C=O) groups is 2. The van der Waals surface area contributed by atoms with Gasteiger partial charge in [-0.25, -0.2) is 0 Å². The molecule has 0 aromatic heterocycles. The molecular formula is C26H32N2O3. The van der Waals surface area contributed by atoms with E-state index in [2.05, 4.69) is 11.4 Å². The highest BCUT2D eigenvalue weighted by Gasteiger charge is 2.23. The van der Waals surface area contributed by atoms with Gasteiger partial charge in [0, 0.05) is 13.1 Å². The van der Waals surface area contributed by atoms with Gasteiger partial charge in [0.2, 0.25) is 0 Å². The number of para-hydroxylation sites is 1. The Morgan fingerprint density at radius 2 is 1.65 bits per heavy atom. The zero-order valence-corrected chi connectivity index (χ0v) is 18.4. The lowest BCUT2D eigenvalue weighted by Gasteiger charge is -2.23. The average Bonchev–Trinajstić information content (AvgIpc) is 3.09. The molecule has 1 aliphatic heterocycles. The number of amides is 2. The van der Waals surface area contributed by atoms with Crippen molar-refractivity contribution in [2.24, 2.45) is 0 Å². The molecule has 2 aromatic carbocycles. The molecule has 2 amide bonds. The number of likely N-dealkylation sites (tertiary alicyclic amines) is 1. The van der Waals surface area contributed by atoms with Gasteiger partial charge in [-0.3, -0.25) is 9.59 Å². The maximum Gasteiger partial charge on any atom is 0.265 e. The Balaban J connectivity index is 1.46. The summed E-state index contributed by atoms with van der Waals surface area (Å²) in [6, 6.07) is 13.4. The van der Waals surface area contributed by atoms with Gasteiger partial charge in [0.15, 0.2) is 6.10 Å². The van der Waals surface area contributed by atoms with E-state index in [1.54, 1.807) is 19.1 Å². The molecule has 0 spiro atoms. The minimum absolute atomic E-state index is 0.0106. The summed E-state index contributed by atoms with van der Waals surface area (Å²) in [6.45, 7) is 3.32. The molecule has 0 radical (unpaired) electrons. The highest BCUT2D eigenvalue weighted by molar-refractivity contribution is 6.04.